The molecule has 1 fully saturated rings. The van der Waals surface area contributed by atoms with E-state index in [4.69, 9.17) is 34.3 Å². The maximum Gasteiger partial charge on any atom is 0.186 e. The number of likely N-dealkylation sites (tertiary alicyclic amines) is 1. The predicted molar refractivity (Wildman–Crippen MR) is 135 cm³/mol. The number of hydrogen-bond donors (Lipinski definition) is 0. The summed E-state index contributed by atoms with van der Waals surface area (Å²) in [5.74, 6) is -2.60. The lowest BCUT2D eigenvalue weighted by atomic mass is 10.0. The highest BCUT2D eigenvalue weighted by Gasteiger charge is 2.24. The standard InChI is InChI=1S/C24H31N3O2S.C2H2O4/c1-26(24-25-22-9-3-4-10-23(22)30-24)19-8-7-16-27(18-19)15-5-6-17-29-21-13-11-20(28-2)12-14-21;3-1(4)2(5)6/h3-4,9-14,19H,5-8,15-18H2,1-2H3;(H,3,4)(H,5,6)/p-2. The van der Waals surface area contributed by atoms with Gasteiger partial charge in [-0.3, -0.25) is 0 Å². The highest BCUT2D eigenvalue weighted by molar-refractivity contribution is 7.22. The average molecular weight is 514 g/mol. The van der Waals surface area contributed by atoms with Crippen molar-refractivity contribution in [3.8, 4) is 11.5 Å². The number of methoxy groups -OCH3 is 1. The van der Waals surface area contributed by atoms with E-state index in [0.717, 1.165) is 54.7 Å². The summed E-state index contributed by atoms with van der Waals surface area (Å²) in [6.45, 7) is 4.21. The van der Waals surface area contributed by atoms with Crippen LogP contribution in [0.25, 0.3) is 10.2 Å². The summed E-state index contributed by atoms with van der Waals surface area (Å²) < 4.78 is 12.3. The number of aromatic nitrogens is 1. The number of carbonyl (C=O) groups excluding carboxylic acids is 2. The van der Waals surface area contributed by atoms with E-state index in [1.165, 1.54) is 24.1 Å². The summed E-state index contributed by atoms with van der Waals surface area (Å²) in [6, 6.07) is 16.7. The van der Waals surface area contributed by atoms with E-state index in [0.29, 0.717) is 6.04 Å². The van der Waals surface area contributed by atoms with Gasteiger partial charge in [-0.15, -0.1) is 0 Å². The third-order valence-electron chi connectivity index (χ3n) is 5.98. The van der Waals surface area contributed by atoms with Crippen LogP contribution in [0.1, 0.15) is 25.7 Å². The molecule has 10 heteroatoms. The van der Waals surface area contributed by atoms with Crippen LogP contribution in [0.4, 0.5) is 5.13 Å². The quantitative estimate of drug-likeness (QED) is 0.310. The number of piperidine rings is 1. The number of carboxylic acid groups (broad SMARTS) is 2. The molecule has 1 atom stereocenters. The number of nitrogens with zero attached hydrogens (tertiary/aromatic N) is 3. The van der Waals surface area contributed by atoms with Crippen LogP contribution in [0.2, 0.25) is 0 Å². The number of unbranched alkanes of at least 4 members (excludes halogenated alkanes) is 1. The summed E-state index contributed by atoms with van der Waals surface area (Å²) >= 11 is 1.80. The number of rotatable bonds is 9. The van der Waals surface area contributed by atoms with E-state index in [1.54, 1.807) is 18.4 Å². The van der Waals surface area contributed by atoms with Crippen LogP contribution in [0.3, 0.4) is 0 Å². The molecule has 1 aromatic heterocycles. The van der Waals surface area contributed by atoms with Crippen molar-refractivity contribution in [3.05, 3.63) is 48.5 Å². The Kier molecular flexibility index (Phi) is 10.3. The van der Waals surface area contributed by atoms with Gasteiger partial charge in [-0.2, -0.15) is 0 Å². The molecule has 0 saturated carbocycles. The first kappa shape index (κ1) is 27.2. The second-order valence-electron chi connectivity index (χ2n) is 8.48. The largest absolute Gasteiger partial charge is 0.543 e. The van der Waals surface area contributed by atoms with Gasteiger partial charge in [-0.25, -0.2) is 4.98 Å². The highest BCUT2D eigenvalue weighted by Crippen LogP contribution is 2.30. The topological polar surface area (TPSA) is 118 Å². The van der Waals surface area contributed by atoms with Crippen LogP contribution in [-0.4, -0.2) is 68.3 Å². The fourth-order valence-corrected chi connectivity index (χ4v) is 5.02. The molecule has 2 heterocycles. The third-order valence-corrected chi connectivity index (χ3v) is 7.10. The maximum absolute atomic E-state index is 8.93. The monoisotopic (exact) mass is 513 g/mol. The SMILES string of the molecule is COc1ccc(OCCCCN2CCCC(N(C)c3nc4ccccc4s3)C2)cc1.O=C([O-])C(=O)[O-]. The predicted octanol–water partition coefficient (Wildman–Crippen LogP) is 1.55. The number of likely N-dealkylation sites (N-methyl/N-ethyl adjacent to an activating group) is 1. The zero-order valence-electron chi connectivity index (χ0n) is 20.6. The Bertz CT molecular complexity index is 1080. The molecule has 3 aromatic rings. The number of ether oxygens (including phenoxy) is 2. The number of thiazole rings is 1. The fourth-order valence-electron chi connectivity index (χ4n) is 4.02. The van der Waals surface area contributed by atoms with Crippen LogP contribution >= 0.6 is 11.3 Å². The van der Waals surface area contributed by atoms with E-state index < -0.39 is 11.9 Å². The number of hydrogen-bond acceptors (Lipinski definition) is 10. The Morgan fingerprint density at radius 2 is 1.78 bits per heavy atom. The van der Waals surface area contributed by atoms with Crippen LogP contribution in [-0.2, 0) is 9.59 Å². The molecule has 1 saturated heterocycles. The first-order valence-electron chi connectivity index (χ1n) is 11.9. The van der Waals surface area contributed by atoms with Crippen molar-refractivity contribution in [3.63, 3.8) is 0 Å². The summed E-state index contributed by atoms with van der Waals surface area (Å²) in [5, 5.41) is 19.0. The number of anilines is 1. The first-order valence-corrected chi connectivity index (χ1v) is 12.7. The molecule has 0 amide bonds. The van der Waals surface area contributed by atoms with E-state index in [1.807, 2.05) is 24.3 Å². The van der Waals surface area contributed by atoms with Crippen molar-refractivity contribution in [2.45, 2.75) is 31.7 Å². The second-order valence-corrected chi connectivity index (χ2v) is 9.49. The van der Waals surface area contributed by atoms with Gasteiger partial charge in [-0.05, 0) is 75.2 Å². The molecule has 2 aromatic carbocycles. The zero-order valence-corrected chi connectivity index (χ0v) is 21.4. The summed E-state index contributed by atoms with van der Waals surface area (Å²) in [4.78, 5) is 27.7. The van der Waals surface area contributed by atoms with Gasteiger partial charge in [0, 0.05) is 19.6 Å². The lowest BCUT2D eigenvalue weighted by molar-refractivity contribution is -0.345. The molecule has 0 bridgehead atoms. The number of para-hydroxylation sites is 1. The molecule has 9 nitrogen and oxygen atoms in total. The first-order chi connectivity index (χ1) is 17.4. The second kappa shape index (κ2) is 13.6. The molecular formula is C26H31N3O6S-2. The average Bonchev–Trinajstić information content (AvgIpc) is 3.33. The number of carbonyl (C=O) groups is 2. The third kappa shape index (κ3) is 8.10. The minimum Gasteiger partial charge on any atom is -0.543 e. The van der Waals surface area contributed by atoms with Crippen LogP contribution in [0.15, 0.2) is 48.5 Å². The normalized spacial score (nSPS) is 15.6. The van der Waals surface area contributed by atoms with Gasteiger partial charge >= 0.3 is 0 Å². The van der Waals surface area contributed by atoms with Gasteiger partial charge in [-0.1, -0.05) is 23.5 Å². The zero-order chi connectivity index (χ0) is 25.9. The van der Waals surface area contributed by atoms with Crippen molar-refractivity contribution in [2.75, 3.05) is 45.3 Å². The van der Waals surface area contributed by atoms with Crippen molar-refractivity contribution >= 4 is 38.6 Å². The van der Waals surface area contributed by atoms with Crippen molar-refractivity contribution in [1.82, 2.24) is 9.88 Å². The summed E-state index contributed by atoms with van der Waals surface area (Å²) in [6.07, 6.45) is 4.72. The van der Waals surface area contributed by atoms with Crippen LogP contribution in [0, 0.1) is 0 Å². The number of fused-ring (bicyclic) bond motifs is 1. The van der Waals surface area contributed by atoms with Gasteiger partial charge in [0.05, 0.1) is 35.9 Å². The van der Waals surface area contributed by atoms with Gasteiger partial charge < -0.3 is 39.1 Å². The van der Waals surface area contributed by atoms with Gasteiger partial charge in [0.15, 0.2) is 5.13 Å². The molecule has 0 aliphatic carbocycles. The lowest BCUT2D eigenvalue weighted by Crippen LogP contribution is -2.46. The Balaban J connectivity index is 0.000000538. The lowest BCUT2D eigenvalue weighted by Gasteiger charge is -2.37. The molecule has 0 spiro atoms. The van der Waals surface area contributed by atoms with E-state index in [2.05, 4.69) is 41.1 Å². The molecule has 194 valence electrons. The fraction of sp³-hybridized carbons (Fsp3) is 0.423. The van der Waals surface area contributed by atoms with E-state index in [-0.39, 0.29) is 0 Å². The molecule has 1 aliphatic rings. The van der Waals surface area contributed by atoms with Crippen LogP contribution < -0.4 is 24.6 Å². The van der Waals surface area contributed by atoms with Gasteiger partial charge in [0.2, 0.25) is 0 Å². The highest BCUT2D eigenvalue weighted by atomic mass is 32.1. The molecule has 0 N–H and O–H groups in total. The van der Waals surface area contributed by atoms with Crippen LogP contribution in [0.5, 0.6) is 11.5 Å². The molecular weight excluding hydrogens is 482 g/mol. The molecule has 0 radical (unpaired) electrons. The van der Waals surface area contributed by atoms with Crippen molar-refractivity contribution in [2.24, 2.45) is 0 Å². The Morgan fingerprint density at radius 1 is 1.08 bits per heavy atom. The Morgan fingerprint density at radius 3 is 2.44 bits per heavy atom. The Hall–Kier alpha value is -3.37. The molecule has 4 rings (SSSR count). The van der Waals surface area contributed by atoms with Gasteiger partial charge in [0.25, 0.3) is 0 Å². The summed E-state index contributed by atoms with van der Waals surface area (Å²) in [7, 11) is 3.88. The minimum absolute atomic E-state index is 0.537. The minimum atomic E-state index is -2.19. The number of carboxylic acids is 2. The van der Waals surface area contributed by atoms with Gasteiger partial charge in [0.1, 0.15) is 11.5 Å². The Labute approximate surface area is 214 Å². The smallest absolute Gasteiger partial charge is 0.186 e. The van der Waals surface area contributed by atoms with Crippen molar-refractivity contribution < 1.29 is 29.3 Å². The summed E-state index contributed by atoms with van der Waals surface area (Å²) in [5.41, 5.74) is 1.11. The van der Waals surface area contributed by atoms with E-state index in [9.17, 15) is 0 Å². The molecule has 1 unspecified atom stereocenters. The van der Waals surface area contributed by atoms with E-state index >= 15 is 0 Å². The molecule has 1 aliphatic heterocycles. The molecule has 36 heavy (non-hydrogen) atoms. The number of aliphatic carboxylic acids is 2. The maximum atomic E-state index is 8.93. The van der Waals surface area contributed by atoms with Crippen molar-refractivity contribution in [1.29, 1.82) is 0 Å². The number of benzene rings is 2.